The average molecular weight is 578 g/mol. The molecule has 2 aromatic rings. The molecule has 3 rings (SSSR count). The van der Waals surface area contributed by atoms with Crippen LogP contribution in [-0.4, -0.2) is 62.4 Å². The normalized spacial score (nSPS) is 14.9. The molecule has 1 amide bonds. The fourth-order valence-corrected chi connectivity index (χ4v) is 4.99. The van der Waals surface area contributed by atoms with Crippen LogP contribution in [0.4, 0.5) is 29.3 Å². The molecule has 218 valence electrons. The van der Waals surface area contributed by atoms with Gasteiger partial charge < -0.3 is 19.9 Å². The van der Waals surface area contributed by atoms with Gasteiger partial charge >= 0.3 is 12.3 Å². The van der Waals surface area contributed by atoms with E-state index in [9.17, 15) is 26.4 Å². The van der Waals surface area contributed by atoms with Crippen LogP contribution in [0.15, 0.2) is 29.3 Å². The summed E-state index contributed by atoms with van der Waals surface area (Å²) in [5.41, 5.74) is 1.87. The summed E-state index contributed by atoms with van der Waals surface area (Å²) >= 11 is 0. The van der Waals surface area contributed by atoms with E-state index in [4.69, 9.17) is 9.47 Å². The quantitative estimate of drug-likeness (QED) is 0.471. The van der Waals surface area contributed by atoms with Crippen molar-refractivity contribution in [3.05, 3.63) is 24.4 Å². The van der Waals surface area contributed by atoms with Crippen molar-refractivity contribution in [3.63, 3.8) is 0 Å². The minimum absolute atomic E-state index is 0.0129. The fraction of sp³-hybridized carbons (Fsp3) is 0.500. The van der Waals surface area contributed by atoms with Gasteiger partial charge in [0.05, 0.1) is 18.3 Å². The lowest BCUT2D eigenvalue weighted by Gasteiger charge is -2.35. The second kappa shape index (κ2) is 13.4. The molecular formula is C24H34F3N5O6S. The molecular weight excluding hydrogens is 543 g/mol. The number of ether oxygens (including phenoxy) is 3. The minimum atomic E-state index is -4.78. The zero-order valence-electron chi connectivity index (χ0n) is 22.6. The Labute approximate surface area is 226 Å². The zero-order valence-corrected chi connectivity index (χ0v) is 23.4. The first-order valence-corrected chi connectivity index (χ1v) is 13.1. The highest BCUT2D eigenvalue weighted by Gasteiger charge is 2.51. The standard InChI is InChI=1S/C21H27F3N4O6S.C2H2.CH5N/c1-6-27-11-17(18(26-27)32-7-2)35(30,31)28-13(3)12-33-16-9-8-14(10-15(16)28)25-19(29)34-20(4,5)21(22,23)24;2*1-2/h8-11,13H,6-7,12H2,1-5H3,(H,25,29);1-2H;2H2,1H3/t13-;;/m1../s1. The summed E-state index contributed by atoms with van der Waals surface area (Å²) in [6.07, 6.45) is 3.23. The third kappa shape index (κ3) is 7.48. The lowest BCUT2D eigenvalue weighted by atomic mass is 10.1. The molecule has 15 heteroatoms. The van der Waals surface area contributed by atoms with Crippen LogP contribution < -0.4 is 24.8 Å². The van der Waals surface area contributed by atoms with Gasteiger partial charge in [-0.1, -0.05) is 0 Å². The number of rotatable bonds is 7. The summed E-state index contributed by atoms with van der Waals surface area (Å²) in [6, 6.07) is 3.41. The number of hydrogen-bond donors (Lipinski definition) is 2. The Morgan fingerprint density at radius 2 is 1.87 bits per heavy atom. The first kappa shape index (κ1) is 33.4. The molecule has 1 aliphatic heterocycles. The van der Waals surface area contributed by atoms with E-state index in [-0.39, 0.29) is 41.1 Å². The molecule has 1 aliphatic rings. The number of nitrogens with zero attached hydrogens (tertiary/aromatic N) is 3. The van der Waals surface area contributed by atoms with Crippen LogP contribution in [0.3, 0.4) is 0 Å². The molecule has 0 saturated carbocycles. The molecule has 39 heavy (non-hydrogen) atoms. The van der Waals surface area contributed by atoms with Gasteiger partial charge in [-0.25, -0.2) is 13.2 Å². The van der Waals surface area contributed by atoms with Crippen LogP contribution in [0.2, 0.25) is 0 Å². The van der Waals surface area contributed by atoms with E-state index in [1.54, 1.807) is 20.8 Å². The number of carbonyl (C=O) groups excluding carboxylic acids is 1. The number of sulfonamides is 1. The number of benzene rings is 1. The lowest BCUT2D eigenvalue weighted by molar-refractivity contribution is -0.242. The van der Waals surface area contributed by atoms with Crippen LogP contribution in [0, 0.1) is 12.8 Å². The number of amides is 1. The highest BCUT2D eigenvalue weighted by Crippen LogP contribution is 2.41. The minimum Gasteiger partial charge on any atom is -0.489 e. The van der Waals surface area contributed by atoms with Gasteiger partial charge in [-0.05, 0) is 59.9 Å². The maximum absolute atomic E-state index is 13.7. The van der Waals surface area contributed by atoms with Crippen molar-refractivity contribution in [2.24, 2.45) is 5.73 Å². The van der Waals surface area contributed by atoms with Crippen LogP contribution in [0.25, 0.3) is 0 Å². The molecule has 3 N–H and O–H groups in total. The molecule has 0 unspecified atom stereocenters. The predicted octanol–water partition coefficient (Wildman–Crippen LogP) is 3.99. The Kier molecular flexibility index (Phi) is 11.5. The third-order valence-corrected chi connectivity index (χ3v) is 7.10. The van der Waals surface area contributed by atoms with Gasteiger partial charge in [0.15, 0.2) is 4.90 Å². The Hall–Kier alpha value is -3.64. The summed E-state index contributed by atoms with van der Waals surface area (Å²) in [4.78, 5) is 12.0. The third-order valence-electron chi connectivity index (χ3n) is 5.19. The molecule has 1 aromatic carbocycles. The van der Waals surface area contributed by atoms with E-state index in [2.05, 4.69) is 33.7 Å². The fourth-order valence-electron chi connectivity index (χ4n) is 3.27. The summed E-state index contributed by atoms with van der Waals surface area (Å²) < 4.78 is 84.7. The summed E-state index contributed by atoms with van der Waals surface area (Å²) in [5, 5.41) is 6.38. The number of nitrogens with one attached hydrogen (secondary N) is 1. The summed E-state index contributed by atoms with van der Waals surface area (Å²) in [5.74, 6) is 0.156. The molecule has 0 radical (unpaired) electrons. The Morgan fingerprint density at radius 1 is 1.26 bits per heavy atom. The van der Waals surface area contributed by atoms with Gasteiger partial charge in [0.25, 0.3) is 15.9 Å². The number of hydrogen-bond acceptors (Lipinski definition) is 8. The molecule has 0 saturated heterocycles. The number of aryl methyl sites for hydroxylation is 1. The van der Waals surface area contributed by atoms with Gasteiger partial charge in [-0.3, -0.25) is 14.3 Å². The number of aromatic nitrogens is 2. The molecule has 11 nitrogen and oxygen atoms in total. The first-order valence-electron chi connectivity index (χ1n) is 11.7. The van der Waals surface area contributed by atoms with Crippen LogP contribution in [0.1, 0.15) is 34.6 Å². The van der Waals surface area contributed by atoms with Crippen LogP contribution >= 0.6 is 0 Å². The topological polar surface area (TPSA) is 138 Å². The van der Waals surface area contributed by atoms with Crippen molar-refractivity contribution >= 4 is 27.5 Å². The lowest BCUT2D eigenvalue weighted by Crippen LogP contribution is -2.45. The summed E-state index contributed by atoms with van der Waals surface area (Å²) in [7, 11) is -2.71. The van der Waals surface area contributed by atoms with E-state index in [0.29, 0.717) is 6.54 Å². The van der Waals surface area contributed by atoms with E-state index in [0.717, 1.165) is 18.2 Å². The van der Waals surface area contributed by atoms with Gasteiger partial charge in [0.1, 0.15) is 12.4 Å². The predicted molar refractivity (Wildman–Crippen MR) is 140 cm³/mol. The van der Waals surface area contributed by atoms with Crippen molar-refractivity contribution in [1.29, 1.82) is 0 Å². The maximum atomic E-state index is 13.7. The second-order valence-electron chi connectivity index (χ2n) is 8.25. The largest absolute Gasteiger partial charge is 0.489 e. The summed E-state index contributed by atoms with van der Waals surface area (Å²) in [6.45, 7) is 7.22. The van der Waals surface area contributed by atoms with Gasteiger partial charge in [0.2, 0.25) is 5.60 Å². The molecule has 0 aliphatic carbocycles. The number of terminal acetylenes is 1. The van der Waals surface area contributed by atoms with Crippen LogP contribution in [0.5, 0.6) is 11.6 Å². The number of carbonyl (C=O) groups is 1. The SMILES string of the molecule is C#C.CCOc1nn(CC)cc1S(=O)(=O)N1c2cc(NC(=O)OC(C)(C)C(F)(F)F)ccc2OC[C@H]1C.CN. The van der Waals surface area contributed by atoms with E-state index in [1.165, 1.54) is 36.1 Å². The monoisotopic (exact) mass is 577 g/mol. The number of nitrogens with two attached hydrogens (primary N) is 1. The smallest absolute Gasteiger partial charge is 0.427 e. The van der Waals surface area contributed by atoms with E-state index < -0.39 is 33.9 Å². The Bertz CT molecular complexity index is 1240. The highest BCUT2D eigenvalue weighted by molar-refractivity contribution is 7.93. The van der Waals surface area contributed by atoms with Crippen molar-refractivity contribution in [1.82, 2.24) is 9.78 Å². The zero-order chi connectivity index (χ0) is 30.2. The van der Waals surface area contributed by atoms with Crippen molar-refractivity contribution in [3.8, 4) is 24.5 Å². The van der Waals surface area contributed by atoms with Crippen molar-refractivity contribution < 1.29 is 40.6 Å². The Morgan fingerprint density at radius 3 is 2.41 bits per heavy atom. The number of halogens is 3. The van der Waals surface area contributed by atoms with Gasteiger partial charge in [-0.2, -0.15) is 13.2 Å². The number of alkyl halides is 3. The number of anilines is 2. The molecule has 2 heterocycles. The first-order chi connectivity index (χ1) is 18.2. The molecule has 0 spiro atoms. The molecule has 1 atom stereocenters. The van der Waals surface area contributed by atoms with Gasteiger partial charge in [-0.15, -0.1) is 17.9 Å². The van der Waals surface area contributed by atoms with Crippen LogP contribution in [-0.2, 0) is 21.3 Å². The van der Waals surface area contributed by atoms with Crippen molar-refractivity contribution in [2.45, 2.75) is 63.9 Å². The van der Waals surface area contributed by atoms with Crippen molar-refractivity contribution in [2.75, 3.05) is 29.9 Å². The number of fused-ring (bicyclic) bond motifs is 1. The second-order valence-corrected chi connectivity index (χ2v) is 10.0. The molecule has 0 bridgehead atoms. The van der Waals surface area contributed by atoms with Gasteiger partial charge in [0, 0.05) is 18.4 Å². The Balaban J connectivity index is 0.00000181. The van der Waals surface area contributed by atoms with E-state index >= 15 is 0 Å². The molecule has 0 fully saturated rings. The molecule has 1 aromatic heterocycles. The maximum Gasteiger partial charge on any atom is 0.427 e. The van der Waals surface area contributed by atoms with E-state index in [1.807, 2.05) is 0 Å². The average Bonchev–Trinajstić information content (AvgIpc) is 3.29. The highest BCUT2D eigenvalue weighted by atomic mass is 32.2.